The largest absolute Gasteiger partial charge is 0.451 e. The Morgan fingerprint density at radius 1 is 1.21 bits per heavy atom. The van der Waals surface area contributed by atoms with Gasteiger partial charge in [-0.15, -0.1) is 10.2 Å². The van der Waals surface area contributed by atoms with Crippen molar-refractivity contribution in [3.63, 3.8) is 0 Å². The molecule has 0 radical (unpaired) electrons. The van der Waals surface area contributed by atoms with Crippen LogP contribution in [0, 0.1) is 17.0 Å². The van der Waals surface area contributed by atoms with Crippen LogP contribution < -0.4 is 10.2 Å². The van der Waals surface area contributed by atoms with E-state index in [9.17, 15) is 19.7 Å². The lowest BCUT2D eigenvalue weighted by Crippen LogP contribution is -2.22. The maximum atomic E-state index is 12.0. The zero-order valence-electron chi connectivity index (χ0n) is 15.3. The molecule has 10 heteroatoms. The Labute approximate surface area is 160 Å². The first kappa shape index (κ1) is 19.2. The van der Waals surface area contributed by atoms with E-state index in [1.165, 1.54) is 24.3 Å². The minimum absolute atomic E-state index is 0.00159. The second-order valence-corrected chi connectivity index (χ2v) is 6.35. The number of nitro groups is 1. The molecule has 1 N–H and O–H groups in total. The van der Waals surface area contributed by atoms with Gasteiger partial charge in [-0.3, -0.25) is 14.9 Å². The number of ether oxygens (including phenoxy) is 1. The SMILES string of the molecule is Cc1ccc(NC(=O)COC(=O)c2ccc(N3CCCC3)nn2)cc1[N+](=O)[O-]. The highest BCUT2D eigenvalue weighted by Gasteiger charge is 2.17. The number of rotatable bonds is 6. The van der Waals surface area contributed by atoms with Gasteiger partial charge in [-0.2, -0.15) is 0 Å². The number of hydrogen-bond acceptors (Lipinski definition) is 8. The van der Waals surface area contributed by atoms with Crippen LogP contribution in [0.3, 0.4) is 0 Å². The van der Waals surface area contributed by atoms with Crippen molar-refractivity contribution in [1.29, 1.82) is 0 Å². The predicted octanol–water partition coefficient (Wildman–Crippen LogP) is 2.09. The van der Waals surface area contributed by atoms with Crippen molar-refractivity contribution < 1.29 is 19.2 Å². The molecule has 10 nitrogen and oxygen atoms in total. The molecule has 0 atom stereocenters. The topological polar surface area (TPSA) is 128 Å². The predicted molar refractivity (Wildman–Crippen MR) is 100 cm³/mol. The number of nitrogens with zero attached hydrogens (tertiary/aromatic N) is 4. The second-order valence-electron chi connectivity index (χ2n) is 6.35. The Morgan fingerprint density at radius 2 is 1.96 bits per heavy atom. The van der Waals surface area contributed by atoms with Crippen LogP contribution in [-0.2, 0) is 9.53 Å². The van der Waals surface area contributed by atoms with Gasteiger partial charge in [0.2, 0.25) is 0 Å². The Kier molecular flexibility index (Phi) is 5.78. The Bertz CT molecular complexity index is 894. The number of hydrogen-bond donors (Lipinski definition) is 1. The average Bonchev–Trinajstić information content (AvgIpc) is 3.22. The third-order valence-electron chi connectivity index (χ3n) is 4.31. The van der Waals surface area contributed by atoms with Gasteiger partial charge in [0.15, 0.2) is 18.1 Å². The molecule has 1 fully saturated rings. The molecule has 1 amide bonds. The fourth-order valence-corrected chi connectivity index (χ4v) is 2.83. The van der Waals surface area contributed by atoms with E-state index in [1.54, 1.807) is 13.0 Å². The molecule has 2 aromatic rings. The fourth-order valence-electron chi connectivity index (χ4n) is 2.83. The van der Waals surface area contributed by atoms with Gasteiger partial charge in [0.05, 0.1) is 4.92 Å². The van der Waals surface area contributed by atoms with E-state index in [0.29, 0.717) is 11.4 Å². The molecule has 1 aromatic heterocycles. The van der Waals surface area contributed by atoms with Crippen LogP contribution in [0.1, 0.15) is 28.9 Å². The minimum atomic E-state index is -0.773. The molecule has 0 spiro atoms. The molecule has 0 aliphatic carbocycles. The molecule has 1 aliphatic rings. The lowest BCUT2D eigenvalue weighted by molar-refractivity contribution is -0.385. The highest BCUT2D eigenvalue weighted by Crippen LogP contribution is 2.22. The molecule has 146 valence electrons. The van der Waals surface area contributed by atoms with E-state index in [2.05, 4.69) is 20.4 Å². The summed E-state index contributed by atoms with van der Waals surface area (Å²) in [5.41, 5.74) is 0.614. The number of aryl methyl sites for hydroxylation is 1. The zero-order chi connectivity index (χ0) is 20.1. The van der Waals surface area contributed by atoms with Gasteiger partial charge < -0.3 is 15.0 Å². The van der Waals surface area contributed by atoms with E-state index in [0.717, 1.165) is 25.9 Å². The fraction of sp³-hybridized carbons (Fsp3) is 0.333. The summed E-state index contributed by atoms with van der Waals surface area (Å²) in [6.07, 6.45) is 2.20. The number of carbonyl (C=O) groups excluding carboxylic acids is 2. The lowest BCUT2D eigenvalue weighted by atomic mass is 10.2. The third-order valence-corrected chi connectivity index (χ3v) is 4.31. The first-order chi connectivity index (χ1) is 13.4. The quantitative estimate of drug-likeness (QED) is 0.455. The molecular formula is C18H19N5O5. The summed E-state index contributed by atoms with van der Waals surface area (Å²) < 4.78 is 4.93. The van der Waals surface area contributed by atoms with Crippen LogP contribution in [0.5, 0.6) is 0 Å². The molecular weight excluding hydrogens is 366 g/mol. The highest BCUT2D eigenvalue weighted by atomic mass is 16.6. The van der Waals surface area contributed by atoms with Crippen LogP contribution in [0.2, 0.25) is 0 Å². The number of benzene rings is 1. The van der Waals surface area contributed by atoms with Gasteiger partial charge in [-0.25, -0.2) is 4.79 Å². The molecule has 3 rings (SSSR count). The summed E-state index contributed by atoms with van der Waals surface area (Å²) in [6, 6.07) is 7.50. The van der Waals surface area contributed by atoms with E-state index in [-0.39, 0.29) is 17.1 Å². The van der Waals surface area contributed by atoms with Crippen LogP contribution in [0.25, 0.3) is 0 Å². The Morgan fingerprint density at radius 3 is 2.61 bits per heavy atom. The lowest BCUT2D eigenvalue weighted by Gasteiger charge is -2.15. The molecule has 28 heavy (non-hydrogen) atoms. The van der Waals surface area contributed by atoms with Gasteiger partial charge in [-0.05, 0) is 38.0 Å². The van der Waals surface area contributed by atoms with Gasteiger partial charge >= 0.3 is 5.97 Å². The van der Waals surface area contributed by atoms with Gasteiger partial charge in [0.25, 0.3) is 11.6 Å². The number of aromatic nitrogens is 2. The van der Waals surface area contributed by atoms with Crippen LogP contribution >= 0.6 is 0 Å². The van der Waals surface area contributed by atoms with Crippen molar-refractivity contribution in [1.82, 2.24) is 10.2 Å². The third kappa shape index (κ3) is 4.58. The first-order valence-electron chi connectivity index (χ1n) is 8.75. The number of esters is 1. The van der Waals surface area contributed by atoms with Crippen molar-refractivity contribution in [2.45, 2.75) is 19.8 Å². The number of nitrogens with one attached hydrogen (secondary N) is 1. The maximum Gasteiger partial charge on any atom is 0.359 e. The van der Waals surface area contributed by atoms with Gasteiger partial charge in [0.1, 0.15) is 0 Å². The highest BCUT2D eigenvalue weighted by molar-refractivity contribution is 5.95. The van der Waals surface area contributed by atoms with E-state index in [4.69, 9.17) is 4.74 Å². The molecule has 0 unspecified atom stereocenters. The van der Waals surface area contributed by atoms with Crippen molar-refractivity contribution in [3.8, 4) is 0 Å². The summed E-state index contributed by atoms with van der Waals surface area (Å²) in [5, 5.41) is 21.3. The Hall–Kier alpha value is -3.56. The number of amides is 1. The van der Waals surface area contributed by atoms with Crippen molar-refractivity contribution in [3.05, 3.63) is 51.7 Å². The smallest absolute Gasteiger partial charge is 0.359 e. The maximum absolute atomic E-state index is 12.0. The standard InChI is InChI=1S/C18H19N5O5/c1-12-4-5-13(10-15(12)23(26)27)19-17(24)11-28-18(25)14-6-7-16(21-20-14)22-8-2-3-9-22/h4-7,10H,2-3,8-9,11H2,1H3,(H,19,24). The zero-order valence-corrected chi connectivity index (χ0v) is 15.3. The van der Waals surface area contributed by atoms with Crippen molar-refractivity contribution in [2.75, 3.05) is 29.9 Å². The molecule has 0 bridgehead atoms. The molecule has 1 saturated heterocycles. The van der Waals surface area contributed by atoms with Crippen LogP contribution in [0.4, 0.5) is 17.2 Å². The number of carbonyl (C=O) groups is 2. The molecule has 1 aromatic carbocycles. The average molecular weight is 385 g/mol. The van der Waals surface area contributed by atoms with Crippen molar-refractivity contribution >= 4 is 29.1 Å². The normalized spacial score (nSPS) is 13.2. The van der Waals surface area contributed by atoms with Crippen molar-refractivity contribution in [2.24, 2.45) is 0 Å². The van der Waals surface area contributed by atoms with E-state index >= 15 is 0 Å². The Balaban J connectivity index is 1.53. The van der Waals surface area contributed by atoms with E-state index < -0.39 is 23.4 Å². The second kappa shape index (κ2) is 8.42. The van der Waals surface area contributed by atoms with Crippen LogP contribution in [0.15, 0.2) is 30.3 Å². The van der Waals surface area contributed by atoms with E-state index in [1.807, 2.05) is 0 Å². The summed E-state index contributed by atoms with van der Waals surface area (Å²) >= 11 is 0. The molecule has 1 aliphatic heterocycles. The van der Waals surface area contributed by atoms with Gasteiger partial charge in [-0.1, -0.05) is 6.07 Å². The van der Waals surface area contributed by atoms with Crippen LogP contribution in [-0.4, -0.2) is 46.7 Å². The number of nitro benzene ring substituents is 1. The monoisotopic (exact) mass is 385 g/mol. The first-order valence-corrected chi connectivity index (χ1v) is 8.75. The molecule has 0 saturated carbocycles. The van der Waals surface area contributed by atoms with Gasteiger partial charge in [0, 0.05) is 30.4 Å². The minimum Gasteiger partial charge on any atom is -0.451 e. The molecule has 2 heterocycles. The summed E-state index contributed by atoms with van der Waals surface area (Å²) in [4.78, 5) is 36.5. The summed E-state index contributed by atoms with van der Waals surface area (Å²) in [6.45, 7) is 2.88. The summed E-state index contributed by atoms with van der Waals surface area (Å²) in [7, 11) is 0. The number of anilines is 2. The summed E-state index contributed by atoms with van der Waals surface area (Å²) in [5.74, 6) is -0.689.